The minimum Gasteiger partial charge on any atom is -0.354 e. The summed E-state index contributed by atoms with van der Waals surface area (Å²) in [6.07, 6.45) is 1.12. The molecule has 0 amide bonds. The molecule has 1 atom stereocenters. The molecule has 0 saturated heterocycles. The fourth-order valence-corrected chi connectivity index (χ4v) is 1.63. The van der Waals surface area contributed by atoms with Crippen molar-refractivity contribution in [3.8, 4) is 0 Å². The number of nitrogens with one attached hydrogen (secondary N) is 1. The average Bonchev–Trinajstić information content (AvgIpc) is 2.37. The highest BCUT2D eigenvalue weighted by Crippen LogP contribution is 2.14. The van der Waals surface area contributed by atoms with Crippen LogP contribution in [0, 0.1) is 5.92 Å². The van der Waals surface area contributed by atoms with Gasteiger partial charge in [-0.25, -0.2) is 0 Å². The zero-order valence-corrected chi connectivity index (χ0v) is 12.3. The Morgan fingerprint density at radius 2 is 1.83 bits per heavy atom. The number of hydrogen-bond donors (Lipinski definition) is 1. The van der Waals surface area contributed by atoms with Crippen LogP contribution in [0.5, 0.6) is 0 Å². The highest BCUT2D eigenvalue weighted by Gasteiger charge is 2.10. The zero-order valence-electron chi connectivity index (χ0n) is 11.6. The first-order valence-corrected chi connectivity index (χ1v) is 6.88. The van der Waals surface area contributed by atoms with Gasteiger partial charge in [0.2, 0.25) is 17.2 Å². The summed E-state index contributed by atoms with van der Waals surface area (Å²) in [6.45, 7) is 11.0. The lowest BCUT2D eigenvalue weighted by atomic mass is 10.1. The molecule has 1 aromatic rings. The van der Waals surface area contributed by atoms with Gasteiger partial charge in [0, 0.05) is 19.6 Å². The third kappa shape index (κ3) is 4.29. The summed E-state index contributed by atoms with van der Waals surface area (Å²) in [7, 11) is 0. The topological polar surface area (TPSA) is 53.9 Å². The maximum absolute atomic E-state index is 5.93. The van der Waals surface area contributed by atoms with Gasteiger partial charge in [0.1, 0.15) is 0 Å². The van der Waals surface area contributed by atoms with Crippen molar-refractivity contribution >= 4 is 23.5 Å². The fraction of sp³-hybridized carbons (Fsp3) is 0.750. The molecule has 102 valence electrons. The van der Waals surface area contributed by atoms with E-state index in [0.29, 0.717) is 17.8 Å². The summed E-state index contributed by atoms with van der Waals surface area (Å²) in [4.78, 5) is 14.7. The minimum atomic E-state index is 0.235. The summed E-state index contributed by atoms with van der Waals surface area (Å²) >= 11 is 5.93. The molecular formula is C12H22ClN5. The van der Waals surface area contributed by atoms with Gasteiger partial charge < -0.3 is 10.2 Å². The van der Waals surface area contributed by atoms with Crippen LogP contribution >= 0.6 is 11.6 Å². The Labute approximate surface area is 114 Å². The molecule has 1 unspecified atom stereocenters. The third-order valence-corrected chi connectivity index (χ3v) is 3.12. The van der Waals surface area contributed by atoms with Gasteiger partial charge in [0.15, 0.2) is 0 Å². The van der Waals surface area contributed by atoms with Crippen LogP contribution in [0.4, 0.5) is 11.9 Å². The van der Waals surface area contributed by atoms with Crippen LogP contribution < -0.4 is 10.2 Å². The SMILES string of the molecule is CCC(C)CNc1nc(Cl)nc(N(CC)CC)n1. The quantitative estimate of drug-likeness (QED) is 0.826. The van der Waals surface area contributed by atoms with Gasteiger partial charge in [0.25, 0.3) is 0 Å². The molecular weight excluding hydrogens is 250 g/mol. The zero-order chi connectivity index (χ0) is 13.5. The molecule has 1 aromatic heterocycles. The van der Waals surface area contributed by atoms with Crippen LogP contribution in [-0.4, -0.2) is 34.6 Å². The van der Waals surface area contributed by atoms with Gasteiger partial charge in [-0.2, -0.15) is 15.0 Å². The van der Waals surface area contributed by atoms with Crippen LogP contribution in [0.15, 0.2) is 0 Å². The summed E-state index contributed by atoms with van der Waals surface area (Å²) in [5, 5.41) is 3.44. The van der Waals surface area contributed by atoms with E-state index in [1.54, 1.807) is 0 Å². The molecule has 0 aliphatic carbocycles. The van der Waals surface area contributed by atoms with E-state index in [9.17, 15) is 0 Å². The van der Waals surface area contributed by atoms with E-state index in [1.165, 1.54) is 0 Å². The second-order valence-corrected chi connectivity index (χ2v) is 4.63. The third-order valence-electron chi connectivity index (χ3n) is 2.95. The van der Waals surface area contributed by atoms with Crippen molar-refractivity contribution in [2.45, 2.75) is 34.1 Å². The Balaban J connectivity index is 2.80. The fourth-order valence-electron chi connectivity index (χ4n) is 1.48. The van der Waals surface area contributed by atoms with Crippen LogP contribution in [0.1, 0.15) is 34.1 Å². The summed E-state index contributed by atoms with van der Waals surface area (Å²) in [5.41, 5.74) is 0. The molecule has 0 saturated carbocycles. The second-order valence-electron chi connectivity index (χ2n) is 4.29. The summed E-state index contributed by atoms with van der Waals surface area (Å²) in [5.74, 6) is 1.77. The van der Waals surface area contributed by atoms with E-state index in [1.807, 2.05) is 4.90 Å². The average molecular weight is 272 g/mol. The lowest BCUT2D eigenvalue weighted by molar-refractivity contribution is 0.591. The summed E-state index contributed by atoms with van der Waals surface area (Å²) < 4.78 is 0. The van der Waals surface area contributed by atoms with E-state index < -0.39 is 0 Å². The van der Waals surface area contributed by atoms with E-state index >= 15 is 0 Å². The van der Waals surface area contributed by atoms with E-state index in [0.717, 1.165) is 26.1 Å². The normalized spacial score (nSPS) is 12.3. The van der Waals surface area contributed by atoms with Crippen molar-refractivity contribution in [3.63, 3.8) is 0 Å². The van der Waals surface area contributed by atoms with E-state index in [2.05, 4.69) is 48.0 Å². The Hall–Kier alpha value is -1.10. The molecule has 0 aliphatic rings. The number of hydrogen-bond acceptors (Lipinski definition) is 5. The molecule has 18 heavy (non-hydrogen) atoms. The first-order valence-electron chi connectivity index (χ1n) is 6.51. The Morgan fingerprint density at radius 1 is 1.17 bits per heavy atom. The van der Waals surface area contributed by atoms with Crippen LogP contribution in [0.3, 0.4) is 0 Å². The first-order chi connectivity index (χ1) is 8.60. The molecule has 0 bridgehead atoms. The number of rotatable bonds is 7. The van der Waals surface area contributed by atoms with Gasteiger partial charge in [-0.05, 0) is 31.4 Å². The lowest BCUT2D eigenvalue weighted by Crippen LogP contribution is -2.25. The lowest BCUT2D eigenvalue weighted by Gasteiger charge is -2.19. The maximum Gasteiger partial charge on any atom is 0.231 e. The van der Waals surface area contributed by atoms with Gasteiger partial charge in [-0.3, -0.25) is 0 Å². The van der Waals surface area contributed by atoms with E-state index in [4.69, 9.17) is 11.6 Å². The van der Waals surface area contributed by atoms with Crippen LogP contribution in [0.2, 0.25) is 5.28 Å². The molecule has 0 aromatic carbocycles. The van der Waals surface area contributed by atoms with Gasteiger partial charge in [0.05, 0.1) is 0 Å². The minimum absolute atomic E-state index is 0.235. The Bertz CT molecular complexity index is 367. The molecule has 0 fully saturated rings. The predicted molar refractivity (Wildman–Crippen MR) is 76.3 cm³/mol. The molecule has 0 spiro atoms. The van der Waals surface area contributed by atoms with Gasteiger partial charge in [-0.15, -0.1) is 0 Å². The van der Waals surface area contributed by atoms with Crippen molar-refractivity contribution in [2.24, 2.45) is 5.92 Å². The van der Waals surface area contributed by atoms with Crippen molar-refractivity contribution in [1.29, 1.82) is 0 Å². The van der Waals surface area contributed by atoms with Crippen molar-refractivity contribution in [1.82, 2.24) is 15.0 Å². The predicted octanol–water partition coefficient (Wildman–Crippen LogP) is 2.83. The van der Waals surface area contributed by atoms with E-state index in [-0.39, 0.29) is 5.28 Å². The maximum atomic E-state index is 5.93. The van der Waals surface area contributed by atoms with Crippen LogP contribution in [0.25, 0.3) is 0 Å². The van der Waals surface area contributed by atoms with Crippen molar-refractivity contribution in [2.75, 3.05) is 29.9 Å². The summed E-state index contributed by atoms with van der Waals surface area (Å²) in [6, 6.07) is 0. The molecule has 6 heteroatoms. The first kappa shape index (κ1) is 15.0. The van der Waals surface area contributed by atoms with Gasteiger partial charge >= 0.3 is 0 Å². The molecule has 0 aliphatic heterocycles. The Morgan fingerprint density at radius 3 is 2.39 bits per heavy atom. The smallest absolute Gasteiger partial charge is 0.231 e. The molecule has 5 nitrogen and oxygen atoms in total. The number of aromatic nitrogens is 3. The molecule has 0 radical (unpaired) electrons. The van der Waals surface area contributed by atoms with Gasteiger partial charge in [-0.1, -0.05) is 20.3 Å². The number of nitrogens with zero attached hydrogens (tertiary/aromatic N) is 4. The largest absolute Gasteiger partial charge is 0.354 e. The van der Waals surface area contributed by atoms with Crippen molar-refractivity contribution < 1.29 is 0 Å². The standard InChI is InChI=1S/C12H22ClN5/c1-5-9(4)8-14-11-15-10(13)16-12(17-11)18(6-2)7-3/h9H,5-8H2,1-4H3,(H,14,15,16,17). The molecule has 1 N–H and O–H groups in total. The number of halogens is 1. The number of anilines is 2. The monoisotopic (exact) mass is 271 g/mol. The molecule has 1 heterocycles. The second kappa shape index (κ2) is 7.36. The van der Waals surface area contributed by atoms with Crippen molar-refractivity contribution in [3.05, 3.63) is 5.28 Å². The Kier molecular flexibility index (Phi) is 6.12. The molecule has 1 rings (SSSR count). The highest BCUT2D eigenvalue weighted by atomic mass is 35.5. The van der Waals surface area contributed by atoms with Crippen LogP contribution in [-0.2, 0) is 0 Å². The highest BCUT2D eigenvalue weighted by molar-refractivity contribution is 6.28.